The summed E-state index contributed by atoms with van der Waals surface area (Å²) >= 11 is 0. The zero-order chi connectivity index (χ0) is 19.5. The summed E-state index contributed by atoms with van der Waals surface area (Å²) in [6, 6.07) is 8.24. The quantitative estimate of drug-likeness (QED) is 0.720. The Balaban J connectivity index is 1.35. The Kier molecular flexibility index (Phi) is 5.33. The molecule has 1 amide bonds. The van der Waals surface area contributed by atoms with Crippen molar-refractivity contribution >= 4 is 22.7 Å². The van der Waals surface area contributed by atoms with Crippen LogP contribution in [0.15, 0.2) is 41.1 Å². The lowest BCUT2D eigenvalue weighted by molar-refractivity contribution is -0.120. The highest BCUT2D eigenvalue weighted by molar-refractivity contribution is 5.88. The van der Waals surface area contributed by atoms with E-state index in [1.165, 1.54) is 30.4 Å². The molecule has 1 N–H and O–H groups in total. The first-order valence-electron chi connectivity index (χ1n) is 10.0. The summed E-state index contributed by atoms with van der Waals surface area (Å²) < 4.78 is 5.62. The molecule has 1 aliphatic heterocycles. The molecule has 0 radical (unpaired) electrons. The fourth-order valence-corrected chi connectivity index (χ4v) is 3.74. The van der Waals surface area contributed by atoms with Crippen molar-refractivity contribution in [2.75, 3.05) is 18.0 Å². The first kappa shape index (κ1) is 18.5. The molecule has 2 aromatic heterocycles. The van der Waals surface area contributed by atoms with Crippen molar-refractivity contribution in [2.24, 2.45) is 0 Å². The van der Waals surface area contributed by atoms with E-state index in [-0.39, 0.29) is 5.91 Å². The number of carbonyl (C=O) groups excluding carboxylic acids is 1. The van der Waals surface area contributed by atoms with Crippen LogP contribution in [0.5, 0.6) is 0 Å². The summed E-state index contributed by atoms with van der Waals surface area (Å²) in [5.41, 5.74) is 5.17. The number of benzene rings is 1. The number of nitrogens with one attached hydrogen (secondary N) is 1. The number of aryl methyl sites for hydroxylation is 2. The molecule has 0 spiro atoms. The third kappa shape index (κ3) is 4.03. The standard InChI is InChI=1S/C23H27N3O2/c1-16-10-20-19(15-28-21(20)11-17(16)2)12-23(27)25-14-18-6-7-22(24-13-18)26-8-4-3-5-9-26/h6-7,10-11,13,15H,3-5,8-9,12,14H2,1-2H3,(H,25,27). The molecular formula is C23H27N3O2. The number of anilines is 1. The second-order valence-electron chi connectivity index (χ2n) is 7.72. The van der Waals surface area contributed by atoms with E-state index in [1.54, 1.807) is 6.26 Å². The van der Waals surface area contributed by atoms with Gasteiger partial charge in [0.1, 0.15) is 11.4 Å². The lowest BCUT2D eigenvalue weighted by Crippen LogP contribution is -2.30. The molecule has 0 saturated carbocycles. The molecule has 0 aliphatic carbocycles. The summed E-state index contributed by atoms with van der Waals surface area (Å²) in [6.45, 7) is 6.79. The van der Waals surface area contributed by atoms with Crippen LogP contribution in [0.4, 0.5) is 5.82 Å². The zero-order valence-corrected chi connectivity index (χ0v) is 16.6. The van der Waals surface area contributed by atoms with Crippen molar-refractivity contribution < 1.29 is 9.21 Å². The Labute approximate surface area is 165 Å². The predicted octanol–water partition coefficient (Wildman–Crippen LogP) is 4.29. The fourth-order valence-electron chi connectivity index (χ4n) is 3.74. The van der Waals surface area contributed by atoms with E-state index in [4.69, 9.17) is 4.42 Å². The second-order valence-corrected chi connectivity index (χ2v) is 7.72. The van der Waals surface area contributed by atoms with Crippen LogP contribution in [0.25, 0.3) is 11.0 Å². The van der Waals surface area contributed by atoms with Gasteiger partial charge in [0.05, 0.1) is 12.7 Å². The van der Waals surface area contributed by atoms with Gasteiger partial charge < -0.3 is 14.6 Å². The monoisotopic (exact) mass is 377 g/mol. The molecular weight excluding hydrogens is 350 g/mol. The minimum atomic E-state index is -0.0129. The van der Waals surface area contributed by atoms with Gasteiger partial charge in [-0.05, 0) is 68.0 Å². The Hall–Kier alpha value is -2.82. The van der Waals surface area contributed by atoms with Crippen molar-refractivity contribution in [3.63, 3.8) is 0 Å². The summed E-state index contributed by atoms with van der Waals surface area (Å²) in [7, 11) is 0. The SMILES string of the molecule is Cc1cc2occ(CC(=O)NCc3ccc(N4CCCCC4)nc3)c2cc1C. The van der Waals surface area contributed by atoms with Crippen LogP contribution in [0, 0.1) is 13.8 Å². The third-order valence-electron chi connectivity index (χ3n) is 5.60. The van der Waals surface area contributed by atoms with Crippen LogP contribution in [-0.4, -0.2) is 24.0 Å². The van der Waals surface area contributed by atoms with E-state index in [0.29, 0.717) is 13.0 Å². The van der Waals surface area contributed by atoms with Gasteiger partial charge in [-0.3, -0.25) is 4.79 Å². The number of piperidine rings is 1. The normalized spacial score (nSPS) is 14.4. The van der Waals surface area contributed by atoms with Crippen molar-refractivity contribution in [3.8, 4) is 0 Å². The van der Waals surface area contributed by atoms with Gasteiger partial charge in [-0.2, -0.15) is 0 Å². The van der Waals surface area contributed by atoms with E-state index in [1.807, 2.05) is 12.3 Å². The number of hydrogen-bond donors (Lipinski definition) is 1. The second kappa shape index (κ2) is 8.05. The van der Waals surface area contributed by atoms with Gasteiger partial charge in [-0.15, -0.1) is 0 Å². The van der Waals surface area contributed by atoms with Crippen molar-refractivity contribution in [1.82, 2.24) is 10.3 Å². The van der Waals surface area contributed by atoms with Crippen LogP contribution >= 0.6 is 0 Å². The van der Waals surface area contributed by atoms with Gasteiger partial charge in [0, 0.05) is 36.8 Å². The van der Waals surface area contributed by atoms with Gasteiger partial charge in [-0.1, -0.05) is 6.07 Å². The molecule has 1 aromatic carbocycles. The van der Waals surface area contributed by atoms with Crippen molar-refractivity contribution in [2.45, 2.75) is 46.1 Å². The third-order valence-corrected chi connectivity index (χ3v) is 5.60. The number of hydrogen-bond acceptors (Lipinski definition) is 4. The molecule has 5 heteroatoms. The number of aromatic nitrogens is 1. The maximum absolute atomic E-state index is 12.4. The highest BCUT2D eigenvalue weighted by atomic mass is 16.3. The molecule has 1 fully saturated rings. The maximum atomic E-state index is 12.4. The molecule has 1 aliphatic rings. The number of carbonyl (C=O) groups is 1. The zero-order valence-electron chi connectivity index (χ0n) is 16.6. The molecule has 0 atom stereocenters. The largest absolute Gasteiger partial charge is 0.464 e. The van der Waals surface area contributed by atoms with E-state index < -0.39 is 0 Å². The van der Waals surface area contributed by atoms with Gasteiger partial charge in [0.2, 0.25) is 5.91 Å². The van der Waals surface area contributed by atoms with Crippen molar-refractivity contribution in [1.29, 1.82) is 0 Å². The summed E-state index contributed by atoms with van der Waals surface area (Å²) in [6.07, 6.45) is 7.66. The van der Waals surface area contributed by atoms with Gasteiger partial charge in [-0.25, -0.2) is 4.98 Å². The lowest BCUT2D eigenvalue weighted by Gasteiger charge is -2.27. The summed E-state index contributed by atoms with van der Waals surface area (Å²) in [4.78, 5) is 19.3. The number of furan rings is 1. The number of pyridine rings is 1. The van der Waals surface area contributed by atoms with E-state index in [9.17, 15) is 4.79 Å². The first-order valence-corrected chi connectivity index (χ1v) is 10.0. The average Bonchev–Trinajstić information content (AvgIpc) is 3.09. The highest BCUT2D eigenvalue weighted by Gasteiger charge is 2.13. The first-order chi connectivity index (χ1) is 13.6. The van der Waals surface area contributed by atoms with Crippen LogP contribution in [0.2, 0.25) is 0 Å². The molecule has 3 heterocycles. The maximum Gasteiger partial charge on any atom is 0.224 e. The fraction of sp³-hybridized carbons (Fsp3) is 0.391. The van der Waals surface area contributed by atoms with Gasteiger partial charge >= 0.3 is 0 Å². The number of nitrogens with zero attached hydrogens (tertiary/aromatic N) is 2. The summed E-state index contributed by atoms with van der Waals surface area (Å²) in [5.74, 6) is 1.02. The van der Waals surface area contributed by atoms with E-state index >= 15 is 0 Å². The Morgan fingerprint density at radius 1 is 1.14 bits per heavy atom. The van der Waals surface area contributed by atoms with Gasteiger partial charge in [0.15, 0.2) is 0 Å². The van der Waals surface area contributed by atoms with E-state index in [0.717, 1.165) is 41.0 Å². The van der Waals surface area contributed by atoms with Gasteiger partial charge in [0.25, 0.3) is 0 Å². The van der Waals surface area contributed by atoms with Crippen LogP contribution in [-0.2, 0) is 17.8 Å². The molecule has 0 bridgehead atoms. The van der Waals surface area contributed by atoms with Crippen molar-refractivity contribution in [3.05, 3.63) is 59.0 Å². The van der Waals surface area contributed by atoms with Crippen LogP contribution in [0.1, 0.15) is 41.5 Å². The number of rotatable bonds is 5. The predicted molar refractivity (Wildman–Crippen MR) is 112 cm³/mol. The summed E-state index contributed by atoms with van der Waals surface area (Å²) in [5, 5.41) is 4.01. The molecule has 5 nitrogen and oxygen atoms in total. The average molecular weight is 377 g/mol. The number of amides is 1. The minimum absolute atomic E-state index is 0.0129. The Morgan fingerprint density at radius 3 is 2.68 bits per heavy atom. The Bertz CT molecular complexity index is 969. The molecule has 4 rings (SSSR count). The molecule has 1 saturated heterocycles. The van der Waals surface area contributed by atoms with Crippen LogP contribution < -0.4 is 10.2 Å². The molecule has 0 unspecified atom stereocenters. The lowest BCUT2D eigenvalue weighted by atomic mass is 10.0. The topological polar surface area (TPSA) is 58.4 Å². The number of fused-ring (bicyclic) bond motifs is 1. The Morgan fingerprint density at radius 2 is 1.93 bits per heavy atom. The smallest absolute Gasteiger partial charge is 0.224 e. The van der Waals surface area contributed by atoms with Crippen LogP contribution in [0.3, 0.4) is 0 Å². The molecule has 28 heavy (non-hydrogen) atoms. The van der Waals surface area contributed by atoms with E-state index in [2.05, 4.69) is 47.2 Å². The highest BCUT2D eigenvalue weighted by Crippen LogP contribution is 2.25. The molecule has 3 aromatic rings. The molecule has 146 valence electrons. The minimum Gasteiger partial charge on any atom is -0.464 e.